The van der Waals surface area contributed by atoms with Crippen LogP contribution >= 0.6 is 0 Å². The van der Waals surface area contributed by atoms with Gasteiger partial charge in [0, 0.05) is 17.5 Å². The van der Waals surface area contributed by atoms with E-state index in [0.717, 1.165) is 19.3 Å². The topological polar surface area (TPSA) is 52.0 Å². The van der Waals surface area contributed by atoms with Crippen LogP contribution in [-0.4, -0.2) is 11.2 Å². The molecular weight excluding hydrogens is 200 g/mol. The van der Waals surface area contributed by atoms with Crippen molar-refractivity contribution in [1.29, 1.82) is 0 Å². The maximum absolute atomic E-state index is 5.94. The summed E-state index contributed by atoms with van der Waals surface area (Å²) >= 11 is 0. The van der Waals surface area contributed by atoms with Crippen molar-refractivity contribution in [2.45, 2.75) is 63.3 Å². The third-order valence-corrected chi connectivity index (χ3v) is 4.13. The highest BCUT2D eigenvalue weighted by molar-refractivity contribution is 5.28. The molecule has 2 aliphatic rings. The van der Waals surface area contributed by atoms with E-state index in [0.29, 0.717) is 12.0 Å². The number of aromatic nitrogens is 1. The highest BCUT2D eigenvalue weighted by Gasteiger charge is 2.28. The van der Waals surface area contributed by atoms with Gasteiger partial charge in [-0.1, -0.05) is 5.16 Å². The van der Waals surface area contributed by atoms with E-state index in [1.807, 2.05) is 0 Å². The zero-order valence-corrected chi connectivity index (χ0v) is 9.74. The standard InChI is InChI=1S/C13H20N2O/c14-10-7-5-9(6-8-10)13-11-3-1-2-4-12(11)15-16-13/h9-10H,1-8,14H2. The Labute approximate surface area is 96.4 Å². The van der Waals surface area contributed by atoms with Crippen LogP contribution in [0.5, 0.6) is 0 Å². The van der Waals surface area contributed by atoms with Gasteiger partial charge in [-0.3, -0.25) is 0 Å². The number of hydrogen-bond acceptors (Lipinski definition) is 3. The van der Waals surface area contributed by atoms with Crippen molar-refractivity contribution in [3.63, 3.8) is 0 Å². The van der Waals surface area contributed by atoms with Crippen LogP contribution in [0.3, 0.4) is 0 Å². The third kappa shape index (κ3) is 1.77. The molecule has 0 aliphatic heterocycles. The molecule has 1 fully saturated rings. The van der Waals surface area contributed by atoms with Gasteiger partial charge in [0.2, 0.25) is 0 Å². The van der Waals surface area contributed by atoms with Gasteiger partial charge >= 0.3 is 0 Å². The van der Waals surface area contributed by atoms with Gasteiger partial charge in [0.05, 0.1) is 5.69 Å². The summed E-state index contributed by atoms with van der Waals surface area (Å²) < 4.78 is 5.60. The van der Waals surface area contributed by atoms with E-state index in [2.05, 4.69) is 5.16 Å². The average Bonchev–Trinajstić information content (AvgIpc) is 2.74. The lowest BCUT2D eigenvalue weighted by Crippen LogP contribution is -2.26. The molecule has 0 atom stereocenters. The van der Waals surface area contributed by atoms with Crippen LogP contribution in [0.1, 0.15) is 61.5 Å². The molecule has 0 bridgehead atoms. The Balaban J connectivity index is 1.81. The zero-order chi connectivity index (χ0) is 11.0. The lowest BCUT2D eigenvalue weighted by atomic mass is 9.82. The molecule has 0 unspecified atom stereocenters. The minimum atomic E-state index is 0.412. The molecule has 0 aromatic carbocycles. The predicted molar refractivity (Wildman–Crippen MR) is 62.3 cm³/mol. The van der Waals surface area contributed by atoms with E-state index in [9.17, 15) is 0 Å². The Morgan fingerprint density at radius 3 is 2.62 bits per heavy atom. The van der Waals surface area contributed by atoms with Crippen molar-refractivity contribution < 1.29 is 4.52 Å². The first-order valence-corrected chi connectivity index (χ1v) is 6.57. The summed E-state index contributed by atoms with van der Waals surface area (Å²) in [6.45, 7) is 0. The zero-order valence-electron chi connectivity index (χ0n) is 9.74. The van der Waals surface area contributed by atoms with Gasteiger partial charge in [-0.2, -0.15) is 0 Å². The Morgan fingerprint density at radius 2 is 1.81 bits per heavy atom. The van der Waals surface area contributed by atoms with Crippen LogP contribution in [0.2, 0.25) is 0 Å². The van der Waals surface area contributed by atoms with Crippen molar-refractivity contribution >= 4 is 0 Å². The molecule has 3 nitrogen and oxygen atoms in total. The maximum Gasteiger partial charge on any atom is 0.143 e. The maximum atomic E-state index is 5.94. The fourth-order valence-electron chi connectivity index (χ4n) is 3.12. The van der Waals surface area contributed by atoms with E-state index < -0.39 is 0 Å². The monoisotopic (exact) mass is 220 g/mol. The summed E-state index contributed by atoms with van der Waals surface area (Å²) in [6, 6.07) is 0.412. The number of hydrogen-bond donors (Lipinski definition) is 1. The molecule has 2 aliphatic carbocycles. The summed E-state index contributed by atoms with van der Waals surface area (Å²) in [5.41, 5.74) is 8.61. The SMILES string of the molecule is NC1CCC(c2onc3c2CCCC3)CC1. The van der Waals surface area contributed by atoms with Crippen molar-refractivity contribution in [1.82, 2.24) is 5.16 Å². The number of nitrogens with two attached hydrogens (primary N) is 1. The smallest absolute Gasteiger partial charge is 0.143 e. The Bertz CT molecular complexity index is 364. The second kappa shape index (κ2) is 4.21. The van der Waals surface area contributed by atoms with Crippen molar-refractivity contribution in [3.8, 4) is 0 Å². The van der Waals surface area contributed by atoms with Crippen LogP contribution in [0.15, 0.2) is 4.52 Å². The molecule has 3 heteroatoms. The van der Waals surface area contributed by atoms with Gasteiger partial charge < -0.3 is 10.3 Å². The van der Waals surface area contributed by atoms with E-state index in [1.165, 1.54) is 49.1 Å². The molecule has 0 spiro atoms. The van der Waals surface area contributed by atoms with Gasteiger partial charge in [0.25, 0.3) is 0 Å². The first-order chi connectivity index (χ1) is 7.84. The molecule has 1 heterocycles. The van der Waals surface area contributed by atoms with Gasteiger partial charge in [-0.15, -0.1) is 0 Å². The molecule has 3 rings (SSSR count). The van der Waals surface area contributed by atoms with E-state index in [-0.39, 0.29) is 0 Å². The summed E-state index contributed by atoms with van der Waals surface area (Å²) in [5.74, 6) is 1.79. The molecule has 2 N–H and O–H groups in total. The fraction of sp³-hybridized carbons (Fsp3) is 0.769. The first kappa shape index (κ1) is 10.3. The second-order valence-electron chi connectivity index (χ2n) is 5.29. The second-order valence-corrected chi connectivity index (χ2v) is 5.29. The molecule has 1 saturated carbocycles. The molecule has 0 saturated heterocycles. The molecular formula is C13H20N2O. The van der Waals surface area contributed by atoms with E-state index in [4.69, 9.17) is 10.3 Å². The lowest BCUT2D eigenvalue weighted by Gasteiger charge is -2.25. The average molecular weight is 220 g/mol. The minimum absolute atomic E-state index is 0.412. The number of aryl methyl sites for hydroxylation is 1. The molecule has 16 heavy (non-hydrogen) atoms. The van der Waals surface area contributed by atoms with Crippen molar-refractivity contribution in [2.24, 2.45) is 5.73 Å². The van der Waals surface area contributed by atoms with Gasteiger partial charge in [0.1, 0.15) is 5.76 Å². The Kier molecular flexibility index (Phi) is 2.72. The summed E-state index contributed by atoms with van der Waals surface area (Å²) in [6.07, 6.45) is 9.51. The molecule has 88 valence electrons. The van der Waals surface area contributed by atoms with Gasteiger partial charge in [0.15, 0.2) is 0 Å². The summed E-state index contributed by atoms with van der Waals surface area (Å²) in [7, 11) is 0. The minimum Gasteiger partial charge on any atom is -0.361 e. The van der Waals surface area contributed by atoms with E-state index in [1.54, 1.807) is 0 Å². The number of rotatable bonds is 1. The van der Waals surface area contributed by atoms with Gasteiger partial charge in [-0.05, 0) is 51.4 Å². The molecule has 1 aromatic heterocycles. The largest absolute Gasteiger partial charge is 0.361 e. The predicted octanol–water partition coefficient (Wildman–Crippen LogP) is 2.54. The quantitative estimate of drug-likeness (QED) is 0.791. The molecule has 0 radical (unpaired) electrons. The van der Waals surface area contributed by atoms with Crippen LogP contribution in [-0.2, 0) is 12.8 Å². The Hall–Kier alpha value is -0.830. The summed E-state index contributed by atoms with van der Waals surface area (Å²) in [4.78, 5) is 0. The normalized spacial score (nSPS) is 30.1. The summed E-state index contributed by atoms with van der Waals surface area (Å²) in [5, 5.41) is 4.24. The molecule has 1 aromatic rings. The van der Waals surface area contributed by atoms with Crippen molar-refractivity contribution in [3.05, 3.63) is 17.0 Å². The van der Waals surface area contributed by atoms with Crippen LogP contribution in [0, 0.1) is 0 Å². The highest BCUT2D eigenvalue weighted by atomic mass is 16.5. The number of fused-ring (bicyclic) bond motifs is 1. The Morgan fingerprint density at radius 1 is 1.06 bits per heavy atom. The van der Waals surface area contributed by atoms with E-state index >= 15 is 0 Å². The third-order valence-electron chi connectivity index (χ3n) is 4.13. The van der Waals surface area contributed by atoms with Crippen LogP contribution in [0.25, 0.3) is 0 Å². The fourth-order valence-corrected chi connectivity index (χ4v) is 3.12. The lowest BCUT2D eigenvalue weighted by molar-refractivity contribution is 0.305. The number of nitrogens with zero attached hydrogens (tertiary/aromatic N) is 1. The highest BCUT2D eigenvalue weighted by Crippen LogP contribution is 2.37. The van der Waals surface area contributed by atoms with Crippen molar-refractivity contribution in [2.75, 3.05) is 0 Å². The first-order valence-electron chi connectivity index (χ1n) is 6.57. The van der Waals surface area contributed by atoms with Crippen LogP contribution in [0.4, 0.5) is 0 Å². The van der Waals surface area contributed by atoms with Gasteiger partial charge in [-0.25, -0.2) is 0 Å². The molecule has 0 amide bonds. The van der Waals surface area contributed by atoms with Crippen LogP contribution < -0.4 is 5.73 Å².